The first-order valence-corrected chi connectivity index (χ1v) is 7.65. The van der Waals surface area contributed by atoms with Crippen molar-refractivity contribution < 1.29 is 4.79 Å². The van der Waals surface area contributed by atoms with E-state index in [0.717, 1.165) is 37.3 Å². The molecule has 2 aromatic rings. The maximum atomic E-state index is 12.2. The van der Waals surface area contributed by atoms with Crippen molar-refractivity contribution in [3.8, 4) is 0 Å². The van der Waals surface area contributed by atoms with Crippen molar-refractivity contribution in [2.45, 2.75) is 19.4 Å². The van der Waals surface area contributed by atoms with Crippen molar-refractivity contribution in [3.63, 3.8) is 0 Å². The summed E-state index contributed by atoms with van der Waals surface area (Å²) in [7, 11) is 0. The van der Waals surface area contributed by atoms with Crippen LogP contribution in [0.1, 0.15) is 18.4 Å². The molecule has 3 heterocycles. The molecule has 5 heteroatoms. The van der Waals surface area contributed by atoms with E-state index in [2.05, 4.69) is 20.2 Å². The van der Waals surface area contributed by atoms with E-state index in [1.165, 1.54) is 0 Å². The van der Waals surface area contributed by atoms with Gasteiger partial charge in [-0.25, -0.2) is 4.98 Å². The predicted molar refractivity (Wildman–Crippen MR) is 85.3 cm³/mol. The molecule has 0 unspecified atom stereocenters. The van der Waals surface area contributed by atoms with Crippen LogP contribution in [0.4, 0.5) is 5.82 Å². The highest BCUT2D eigenvalue weighted by Crippen LogP contribution is 2.21. The Morgan fingerprint density at radius 1 is 1.18 bits per heavy atom. The highest BCUT2D eigenvalue weighted by atomic mass is 16.1. The summed E-state index contributed by atoms with van der Waals surface area (Å²) in [5, 5.41) is 3.01. The molecule has 1 N–H and O–H groups in total. The summed E-state index contributed by atoms with van der Waals surface area (Å²) in [6, 6.07) is 9.78. The molecular formula is C17H20N4O. The predicted octanol–water partition coefficient (Wildman–Crippen LogP) is 2.01. The lowest BCUT2D eigenvalue weighted by molar-refractivity contribution is -0.125. The molecule has 3 rings (SSSR count). The van der Waals surface area contributed by atoms with Gasteiger partial charge in [-0.1, -0.05) is 12.1 Å². The second kappa shape index (κ2) is 7.02. The van der Waals surface area contributed by atoms with Gasteiger partial charge in [0.25, 0.3) is 0 Å². The molecule has 0 bridgehead atoms. The van der Waals surface area contributed by atoms with Gasteiger partial charge < -0.3 is 10.2 Å². The standard InChI is InChI=1S/C17H20N4O/c22-17(20-13-14-4-3-8-18-12-14)15-6-10-21(11-7-15)16-5-1-2-9-19-16/h1-5,8-9,12,15H,6-7,10-11,13H2,(H,20,22). The normalized spacial score (nSPS) is 15.5. The number of anilines is 1. The number of amides is 1. The minimum absolute atomic E-state index is 0.0941. The largest absolute Gasteiger partial charge is 0.357 e. The molecule has 0 radical (unpaired) electrons. The smallest absolute Gasteiger partial charge is 0.223 e. The molecule has 1 fully saturated rings. The number of carbonyl (C=O) groups is 1. The minimum atomic E-state index is 0.0941. The van der Waals surface area contributed by atoms with Crippen LogP contribution in [0.15, 0.2) is 48.9 Å². The molecule has 1 saturated heterocycles. The zero-order valence-corrected chi connectivity index (χ0v) is 12.5. The number of aromatic nitrogens is 2. The topological polar surface area (TPSA) is 58.1 Å². The highest BCUT2D eigenvalue weighted by Gasteiger charge is 2.25. The maximum absolute atomic E-state index is 12.2. The summed E-state index contributed by atoms with van der Waals surface area (Å²) in [6.07, 6.45) is 7.07. The van der Waals surface area contributed by atoms with Crippen molar-refractivity contribution in [1.29, 1.82) is 0 Å². The van der Waals surface area contributed by atoms with Crippen LogP contribution in [-0.4, -0.2) is 29.0 Å². The summed E-state index contributed by atoms with van der Waals surface area (Å²) < 4.78 is 0. The van der Waals surface area contributed by atoms with E-state index in [0.29, 0.717) is 6.54 Å². The minimum Gasteiger partial charge on any atom is -0.357 e. The number of carbonyl (C=O) groups excluding carboxylic acids is 1. The fourth-order valence-corrected chi connectivity index (χ4v) is 2.75. The van der Waals surface area contributed by atoms with E-state index >= 15 is 0 Å². The first-order valence-electron chi connectivity index (χ1n) is 7.65. The van der Waals surface area contributed by atoms with E-state index in [1.807, 2.05) is 36.5 Å². The second-order valence-corrected chi connectivity index (χ2v) is 5.53. The molecule has 2 aromatic heterocycles. The molecule has 0 aliphatic carbocycles. The van der Waals surface area contributed by atoms with Crippen LogP contribution in [-0.2, 0) is 11.3 Å². The Balaban J connectivity index is 1.48. The lowest BCUT2D eigenvalue weighted by Gasteiger charge is -2.32. The van der Waals surface area contributed by atoms with E-state index in [4.69, 9.17) is 0 Å². The number of nitrogens with one attached hydrogen (secondary N) is 1. The van der Waals surface area contributed by atoms with Crippen LogP contribution >= 0.6 is 0 Å². The van der Waals surface area contributed by atoms with Crippen molar-refractivity contribution in [2.75, 3.05) is 18.0 Å². The highest BCUT2D eigenvalue weighted by molar-refractivity contribution is 5.78. The average molecular weight is 296 g/mol. The summed E-state index contributed by atoms with van der Waals surface area (Å²) in [4.78, 5) is 22.9. The number of pyridine rings is 2. The Morgan fingerprint density at radius 2 is 2.05 bits per heavy atom. The first kappa shape index (κ1) is 14.5. The molecule has 0 aromatic carbocycles. The summed E-state index contributed by atoms with van der Waals surface area (Å²) in [5.41, 5.74) is 1.03. The third-order valence-electron chi connectivity index (χ3n) is 4.03. The Kier molecular flexibility index (Phi) is 4.63. The van der Waals surface area contributed by atoms with E-state index < -0.39 is 0 Å². The number of hydrogen-bond donors (Lipinski definition) is 1. The average Bonchev–Trinajstić information content (AvgIpc) is 2.61. The Hall–Kier alpha value is -2.43. The van der Waals surface area contributed by atoms with Crippen LogP contribution in [0.2, 0.25) is 0 Å². The van der Waals surface area contributed by atoms with Crippen LogP contribution < -0.4 is 10.2 Å². The first-order chi connectivity index (χ1) is 10.8. The third-order valence-corrected chi connectivity index (χ3v) is 4.03. The molecular weight excluding hydrogens is 276 g/mol. The van der Waals surface area contributed by atoms with Gasteiger partial charge >= 0.3 is 0 Å². The van der Waals surface area contributed by atoms with Gasteiger partial charge in [0.2, 0.25) is 5.91 Å². The fraction of sp³-hybridized carbons (Fsp3) is 0.353. The van der Waals surface area contributed by atoms with E-state index in [-0.39, 0.29) is 11.8 Å². The molecule has 0 spiro atoms. The number of rotatable bonds is 4. The molecule has 1 amide bonds. The summed E-state index contributed by atoms with van der Waals surface area (Å²) in [5.74, 6) is 1.23. The number of piperidine rings is 1. The lowest BCUT2D eigenvalue weighted by Crippen LogP contribution is -2.40. The molecule has 114 valence electrons. The summed E-state index contributed by atoms with van der Waals surface area (Å²) in [6.45, 7) is 2.30. The van der Waals surface area contributed by atoms with Crippen LogP contribution in [0.3, 0.4) is 0 Å². The lowest BCUT2D eigenvalue weighted by atomic mass is 9.96. The van der Waals surface area contributed by atoms with Gasteiger partial charge in [-0.2, -0.15) is 0 Å². The van der Waals surface area contributed by atoms with Crippen molar-refractivity contribution in [1.82, 2.24) is 15.3 Å². The monoisotopic (exact) mass is 296 g/mol. The maximum Gasteiger partial charge on any atom is 0.223 e. The van der Waals surface area contributed by atoms with Gasteiger partial charge in [-0.15, -0.1) is 0 Å². The number of hydrogen-bond acceptors (Lipinski definition) is 4. The molecule has 0 atom stereocenters. The summed E-state index contributed by atoms with van der Waals surface area (Å²) >= 11 is 0. The Bertz CT molecular complexity index is 595. The second-order valence-electron chi connectivity index (χ2n) is 5.53. The van der Waals surface area contributed by atoms with Gasteiger partial charge in [0.1, 0.15) is 5.82 Å². The zero-order valence-electron chi connectivity index (χ0n) is 12.5. The van der Waals surface area contributed by atoms with Crippen LogP contribution in [0, 0.1) is 5.92 Å². The molecule has 1 aliphatic heterocycles. The van der Waals surface area contributed by atoms with Gasteiger partial charge in [0.05, 0.1) is 0 Å². The molecule has 0 saturated carbocycles. The van der Waals surface area contributed by atoms with Crippen molar-refractivity contribution >= 4 is 11.7 Å². The SMILES string of the molecule is O=C(NCc1cccnc1)C1CCN(c2ccccn2)CC1. The Labute approximate surface area is 130 Å². The third kappa shape index (κ3) is 3.61. The van der Waals surface area contributed by atoms with Gasteiger partial charge in [-0.05, 0) is 36.6 Å². The van der Waals surface area contributed by atoms with Crippen molar-refractivity contribution in [2.24, 2.45) is 5.92 Å². The number of nitrogens with zero attached hydrogens (tertiary/aromatic N) is 3. The Morgan fingerprint density at radius 3 is 2.73 bits per heavy atom. The van der Waals surface area contributed by atoms with Crippen molar-refractivity contribution in [3.05, 3.63) is 54.5 Å². The van der Waals surface area contributed by atoms with Gasteiger partial charge in [-0.3, -0.25) is 9.78 Å². The van der Waals surface area contributed by atoms with Gasteiger partial charge in [0, 0.05) is 44.1 Å². The van der Waals surface area contributed by atoms with Crippen LogP contribution in [0.5, 0.6) is 0 Å². The fourth-order valence-electron chi connectivity index (χ4n) is 2.75. The van der Waals surface area contributed by atoms with Gasteiger partial charge in [0.15, 0.2) is 0 Å². The van der Waals surface area contributed by atoms with Crippen LogP contribution in [0.25, 0.3) is 0 Å². The van der Waals surface area contributed by atoms with E-state index in [9.17, 15) is 4.79 Å². The quantitative estimate of drug-likeness (QED) is 0.937. The molecule has 5 nitrogen and oxygen atoms in total. The van der Waals surface area contributed by atoms with E-state index in [1.54, 1.807) is 12.4 Å². The molecule has 1 aliphatic rings. The molecule has 22 heavy (non-hydrogen) atoms. The zero-order chi connectivity index (χ0) is 15.2.